The molecule has 3 rings (SSSR count). The van der Waals surface area contributed by atoms with E-state index in [2.05, 4.69) is 15.6 Å². The fourth-order valence-corrected chi connectivity index (χ4v) is 3.92. The third-order valence-electron chi connectivity index (χ3n) is 4.31. The number of hydrogen-bond acceptors (Lipinski definition) is 6. The minimum Gasteiger partial charge on any atom is -0.490 e. The largest absolute Gasteiger partial charge is 0.490 e. The number of para-hydroxylation sites is 1. The fraction of sp³-hybridized carbons (Fsp3) is 0.474. The molecule has 1 aromatic carbocycles. The molecule has 1 fully saturated rings. The predicted octanol–water partition coefficient (Wildman–Crippen LogP) is 3.28. The van der Waals surface area contributed by atoms with E-state index in [1.807, 2.05) is 25.3 Å². The zero-order valence-corrected chi connectivity index (χ0v) is 15.8. The second-order valence-corrected chi connectivity index (χ2v) is 7.15. The number of aromatic nitrogens is 1. The van der Waals surface area contributed by atoms with Gasteiger partial charge < -0.3 is 14.8 Å². The molecule has 1 aromatic heterocycles. The first-order valence-corrected chi connectivity index (χ1v) is 9.87. The molecule has 0 unspecified atom stereocenters. The van der Waals surface area contributed by atoms with Gasteiger partial charge in [-0.3, -0.25) is 10.1 Å². The van der Waals surface area contributed by atoms with Crippen LogP contribution < -0.4 is 15.4 Å². The van der Waals surface area contributed by atoms with Crippen molar-refractivity contribution in [2.45, 2.75) is 25.7 Å². The molecule has 1 saturated heterocycles. The van der Waals surface area contributed by atoms with Crippen LogP contribution in [0.1, 0.15) is 40.9 Å². The van der Waals surface area contributed by atoms with Crippen LogP contribution in [0, 0.1) is 0 Å². The van der Waals surface area contributed by atoms with E-state index in [-0.39, 0.29) is 5.91 Å². The molecule has 26 heavy (non-hydrogen) atoms. The van der Waals surface area contributed by atoms with Gasteiger partial charge in [-0.15, -0.1) is 11.3 Å². The minimum absolute atomic E-state index is 0.205. The number of nitrogens with zero attached hydrogens (tertiary/aromatic N) is 1. The number of nitrogens with one attached hydrogen (secondary N) is 2. The van der Waals surface area contributed by atoms with Gasteiger partial charge in [0, 0.05) is 17.7 Å². The normalized spacial score (nSPS) is 15.0. The van der Waals surface area contributed by atoms with Crippen LogP contribution in [0.3, 0.4) is 0 Å². The van der Waals surface area contributed by atoms with Crippen molar-refractivity contribution >= 4 is 22.4 Å². The van der Waals surface area contributed by atoms with Gasteiger partial charge in [0.25, 0.3) is 5.91 Å². The average molecular weight is 375 g/mol. The molecule has 140 valence electrons. The Morgan fingerprint density at radius 3 is 2.92 bits per heavy atom. The lowest BCUT2D eigenvalue weighted by Gasteiger charge is -2.20. The van der Waals surface area contributed by atoms with Gasteiger partial charge in [0.05, 0.1) is 12.2 Å². The summed E-state index contributed by atoms with van der Waals surface area (Å²) in [6.07, 6.45) is 4.12. The van der Waals surface area contributed by atoms with Gasteiger partial charge >= 0.3 is 0 Å². The maximum Gasteiger partial charge on any atom is 0.261 e. The van der Waals surface area contributed by atoms with Gasteiger partial charge in [0.15, 0.2) is 5.13 Å². The van der Waals surface area contributed by atoms with E-state index >= 15 is 0 Å². The van der Waals surface area contributed by atoms with E-state index in [0.29, 0.717) is 42.2 Å². The van der Waals surface area contributed by atoms with Crippen molar-refractivity contribution in [1.82, 2.24) is 10.3 Å². The number of amides is 1. The van der Waals surface area contributed by atoms with E-state index in [0.717, 1.165) is 25.9 Å². The highest BCUT2D eigenvalue weighted by Crippen LogP contribution is 2.32. The quantitative estimate of drug-likeness (QED) is 0.693. The molecule has 0 atom stereocenters. The topological polar surface area (TPSA) is 72.5 Å². The number of anilines is 1. The number of ether oxygens (including phenoxy) is 2. The van der Waals surface area contributed by atoms with Crippen LogP contribution in [-0.2, 0) is 4.74 Å². The van der Waals surface area contributed by atoms with Crippen molar-refractivity contribution in [2.24, 2.45) is 0 Å². The lowest BCUT2D eigenvalue weighted by molar-refractivity contribution is 0.0998. The number of hydrogen-bond donors (Lipinski definition) is 2. The van der Waals surface area contributed by atoms with E-state index in [9.17, 15) is 4.79 Å². The summed E-state index contributed by atoms with van der Waals surface area (Å²) >= 11 is 1.56. The predicted molar refractivity (Wildman–Crippen MR) is 103 cm³/mol. The molecule has 0 aliphatic carbocycles. The summed E-state index contributed by atoms with van der Waals surface area (Å²) in [4.78, 5) is 18.3. The molecule has 2 heterocycles. The summed E-state index contributed by atoms with van der Waals surface area (Å²) in [5.41, 5.74) is 0.502. The number of carbonyl (C=O) groups excluding carboxylic acids is 1. The Morgan fingerprint density at radius 1 is 1.31 bits per heavy atom. The van der Waals surface area contributed by atoms with Crippen LogP contribution in [0.2, 0.25) is 0 Å². The fourth-order valence-electron chi connectivity index (χ4n) is 2.94. The zero-order chi connectivity index (χ0) is 18.2. The number of carbonyl (C=O) groups is 1. The minimum atomic E-state index is -0.205. The van der Waals surface area contributed by atoms with Crippen molar-refractivity contribution in [3.05, 3.63) is 40.9 Å². The van der Waals surface area contributed by atoms with Crippen LogP contribution in [0.4, 0.5) is 5.13 Å². The van der Waals surface area contributed by atoms with E-state index in [1.54, 1.807) is 23.5 Å². The SMILES string of the molecule is CCOCCOc1ccccc1C(=O)Nc1ncc(C2CCNCC2)s1. The Bertz CT molecular complexity index is 714. The van der Waals surface area contributed by atoms with Crippen molar-refractivity contribution < 1.29 is 14.3 Å². The molecule has 1 aliphatic rings. The summed E-state index contributed by atoms with van der Waals surface area (Å²) in [6.45, 7) is 5.57. The third kappa shape index (κ3) is 5.03. The molecule has 0 bridgehead atoms. The second kappa shape index (κ2) is 9.66. The molecule has 0 radical (unpaired) electrons. The zero-order valence-electron chi connectivity index (χ0n) is 15.0. The lowest BCUT2D eigenvalue weighted by atomic mass is 9.97. The molecule has 1 amide bonds. The molecule has 0 spiro atoms. The Labute approximate surface area is 157 Å². The van der Waals surface area contributed by atoms with Crippen LogP contribution in [-0.4, -0.2) is 43.8 Å². The van der Waals surface area contributed by atoms with E-state index in [4.69, 9.17) is 9.47 Å². The van der Waals surface area contributed by atoms with Crippen LogP contribution in [0.15, 0.2) is 30.5 Å². The van der Waals surface area contributed by atoms with Gasteiger partial charge in [0.2, 0.25) is 0 Å². The number of benzene rings is 1. The molecule has 7 heteroatoms. The maximum absolute atomic E-state index is 12.6. The van der Waals surface area contributed by atoms with Crippen molar-refractivity contribution in [2.75, 3.05) is 38.2 Å². The smallest absolute Gasteiger partial charge is 0.261 e. The molecule has 6 nitrogen and oxygen atoms in total. The molecular formula is C19H25N3O3S. The van der Waals surface area contributed by atoms with Crippen molar-refractivity contribution in [1.29, 1.82) is 0 Å². The second-order valence-electron chi connectivity index (χ2n) is 6.09. The molecule has 2 aromatic rings. The molecule has 1 aliphatic heterocycles. The Hall–Kier alpha value is -1.96. The van der Waals surface area contributed by atoms with Gasteiger partial charge in [-0.2, -0.15) is 0 Å². The summed E-state index contributed by atoms with van der Waals surface area (Å²) < 4.78 is 11.0. The first-order chi connectivity index (χ1) is 12.8. The van der Waals surface area contributed by atoms with E-state index < -0.39 is 0 Å². The van der Waals surface area contributed by atoms with Crippen LogP contribution in [0.25, 0.3) is 0 Å². The monoisotopic (exact) mass is 375 g/mol. The van der Waals surface area contributed by atoms with Gasteiger partial charge in [-0.05, 0) is 50.9 Å². The molecular weight excluding hydrogens is 350 g/mol. The number of piperidine rings is 1. The highest BCUT2D eigenvalue weighted by Gasteiger charge is 2.19. The Kier molecular flexibility index (Phi) is 6.99. The molecule has 2 N–H and O–H groups in total. The summed E-state index contributed by atoms with van der Waals surface area (Å²) in [5.74, 6) is 0.886. The van der Waals surface area contributed by atoms with Crippen LogP contribution >= 0.6 is 11.3 Å². The third-order valence-corrected chi connectivity index (χ3v) is 5.38. The van der Waals surface area contributed by atoms with Crippen molar-refractivity contribution in [3.8, 4) is 5.75 Å². The molecule has 0 saturated carbocycles. The van der Waals surface area contributed by atoms with Crippen LogP contribution in [0.5, 0.6) is 5.75 Å². The van der Waals surface area contributed by atoms with E-state index in [1.165, 1.54) is 4.88 Å². The van der Waals surface area contributed by atoms with Gasteiger partial charge in [0.1, 0.15) is 12.4 Å². The highest BCUT2D eigenvalue weighted by molar-refractivity contribution is 7.15. The Balaban J connectivity index is 1.62. The maximum atomic E-state index is 12.6. The summed E-state index contributed by atoms with van der Waals surface area (Å²) in [6, 6.07) is 7.23. The first kappa shape index (κ1) is 18.8. The van der Waals surface area contributed by atoms with Gasteiger partial charge in [-0.25, -0.2) is 4.98 Å². The highest BCUT2D eigenvalue weighted by atomic mass is 32.1. The summed E-state index contributed by atoms with van der Waals surface area (Å²) in [7, 11) is 0. The average Bonchev–Trinajstić information content (AvgIpc) is 3.15. The number of rotatable bonds is 8. The Morgan fingerprint density at radius 2 is 2.12 bits per heavy atom. The first-order valence-electron chi connectivity index (χ1n) is 9.05. The standard InChI is InChI=1S/C19H25N3O3S/c1-2-24-11-12-25-16-6-4-3-5-15(16)18(23)22-19-21-13-17(26-19)14-7-9-20-10-8-14/h3-6,13-14,20H,2,7-12H2,1H3,(H,21,22,23). The number of thiazole rings is 1. The lowest BCUT2D eigenvalue weighted by Crippen LogP contribution is -2.26. The van der Waals surface area contributed by atoms with Crippen molar-refractivity contribution in [3.63, 3.8) is 0 Å². The van der Waals surface area contributed by atoms with Gasteiger partial charge in [-0.1, -0.05) is 12.1 Å². The summed E-state index contributed by atoms with van der Waals surface area (Å²) in [5, 5.41) is 6.90.